The van der Waals surface area contributed by atoms with E-state index in [9.17, 15) is 24.6 Å². The standard InChI is InChI=1S/C22H23N3O6S/c26-14-5-3-4-12-16(14)21(28)25(20(12)27)10-13-18-11(7-8-23-13)17(22(29)30)19(32-18)24-15-6-1-2-9-31-15/h3-5,13,15,23-24,26H,1-2,6-10H2,(H,29,30). The van der Waals surface area contributed by atoms with Crippen molar-refractivity contribution < 1.29 is 29.3 Å². The highest BCUT2D eigenvalue weighted by molar-refractivity contribution is 7.16. The zero-order chi connectivity index (χ0) is 22.4. The predicted molar refractivity (Wildman–Crippen MR) is 116 cm³/mol. The summed E-state index contributed by atoms with van der Waals surface area (Å²) in [4.78, 5) is 39.7. The largest absolute Gasteiger partial charge is 0.507 e. The molecule has 3 aliphatic rings. The van der Waals surface area contributed by atoms with Crippen molar-refractivity contribution in [2.24, 2.45) is 0 Å². The predicted octanol–water partition coefficient (Wildman–Crippen LogP) is 2.57. The Balaban J connectivity index is 1.44. The van der Waals surface area contributed by atoms with Crippen LogP contribution in [0.3, 0.4) is 0 Å². The molecule has 3 aliphatic heterocycles. The summed E-state index contributed by atoms with van der Waals surface area (Å²) in [6.07, 6.45) is 3.13. The maximum Gasteiger partial charge on any atom is 0.338 e. The number of phenolic OH excluding ortho intramolecular Hbond substituents is 1. The number of benzene rings is 1. The molecule has 10 heteroatoms. The van der Waals surface area contributed by atoms with Gasteiger partial charge < -0.3 is 25.6 Å². The molecule has 0 radical (unpaired) electrons. The Hall–Kier alpha value is -2.95. The van der Waals surface area contributed by atoms with Crippen molar-refractivity contribution in [2.75, 3.05) is 25.0 Å². The number of amides is 2. The Kier molecular flexibility index (Phi) is 5.36. The number of imide groups is 1. The van der Waals surface area contributed by atoms with E-state index >= 15 is 0 Å². The van der Waals surface area contributed by atoms with E-state index in [0.717, 1.165) is 34.6 Å². The van der Waals surface area contributed by atoms with Crippen LogP contribution in [0, 0.1) is 0 Å². The average Bonchev–Trinajstić information content (AvgIpc) is 3.26. The van der Waals surface area contributed by atoms with Gasteiger partial charge in [0.15, 0.2) is 0 Å². The van der Waals surface area contributed by atoms with Crippen molar-refractivity contribution in [2.45, 2.75) is 38.0 Å². The van der Waals surface area contributed by atoms with Crippen LogP contribution in [0.15, 0.2) is 18.2 Å². The first-order valence-electron chi connectivity index (χ1n) is 10.6. The fourth-order valence-electron chi connectivity index (χ4n) is 4.62. The van der Waals surface area contributed by atoms with Gasteiger partial charge in [-0.2, -0.15) is 0 Å². The van der Waals surface area contributed by atoms with Gasteiger partial charge >= 0.3 is 5.97 Å². The van der Waals surface area contributed by atoms with Crippen LogP contribution in [0.1, 0.15) is 66.8 Å². The van der Waals surface area contributed by atoms with Crippen molar-refractivity contribution in [1.29, 1.82) is 0 Å². The minimum atomic E-state index is -1.01. The smallest absolute Gasteiger partial charge is 0.338 e. The molecule has 0 spiro atoms. The summed E-state index contributed by atoms with van der Waals surface area (Å²) in [7, 11) is 0. The average molecular weight is 458 g/mol. The van der Waals surface area contributed by atoms with Crippen molar-refractivity contribution in [1.82, 2.24) is 10.2 Å². The van der Waals surface area contributed by atoms with Gasteiger partial charge in [0, 0.05) is 18.0 Å². The van der Waals surface area contributed by atoms with Crippen LogP contribution < -0.4 is 10.6 Å². The molecule has 4 N–H and O–H groups in total. The highest BCUT2D eigenvalue weighted by Crippen LogP contribution is 2.41. The van der Waals surface area contributed by atoms with Crippen LogP contribution in [-0.4, -0.2) is 58.8 Å². The monoisotopic (exact) mass is 457 g/mol. The molecule has 0 saturated carbocycles. The third-order valence-electron chi connectivity index (χ3n) is 6.15. The molecule has 1 fully saturated rings. The normalized spacial score (nSPS) is 22.6. The molecule has 2 unspecified atom stereocenters. The lowest BCUT2D eigenvalue weighted by molar-refractivity contribution is 0.0344. The van der Waals surface area contributed by atoms with Gasteiger partial charge in [0.25, 0.3) is 11.8 Å². The van der Waals surface area contributed by atoms with Crippen LogP contribution in [0.4, 0.5) is 5.00 Å². The number of ether oxygens (including phenoxy) is 1. The number of carbonyl (C=O) groups excluding carboxylic acids is 2. The molecule has 1 aromatic heterocycles. The first-order valence-corrected chi connectivity index (χ1v) is 11.5. The van der Waals surface area contributed by atoms with Crippen LogP contribution >= 0.6 is 11.3 Å². The van der Waals surface area contributed by atoms with Crippen molar-refractivity contribution in [3.63, 3.8) is 0 Å². The number of hydrogen-bond donors (Lipinski definition) is 4. The van der Waals surface area contributed by atoms with E-state index in [2.05, 4.69) is 10.6 Å². The number of nitrogens with zero attached hydrogens (tertiary/aromatic N) is 1. The fraction of sp³-hybridized carbons (Fsp3) is 0.409. The number of carbonyl (C=O) groups is 3. The van der Waals surface area contributed by atoms with Crippen LogP contribution in [0.25, 0.3) is 0 Å². The molecule has 0 aliphatic carbocycles. The van der Waals surface area contributed by atoms with E-state index in [1.165, 1.54) is 29.5 Å². The van der Waals surface area contributed by atoms with Gasteiger partial charge in [-0.25, -0.2) is 4.79 Å². The second-order valence-corrected chi connectivity index (χ2v) is 9.18. The molecule has 1 aromatic carbocycles. The minimum Gasteiger partial charge on any atom is -0.507 e. The number of aromatic carboxylic acids is 1. The summed E-state index contributed by atoms with van der Waals surface area (Å²) in [5.74, 6) is -2.23. The summed E-state index contributed by atoms with van der Waals surface area (Å²) in [6, 6.07) is 4.04. The maximum absolute atomic E-state index is 12.9. The van der Waals surface area contributed by atoms with Crippen molar-refractivity contribution in [3.8, 4) is 5.75 Å². The number of fused-ring (bicyclic) bond motifs is 2. The highest BCUT2D eigenvalue weighted by atomic mass is 32.1. The van der Waals surface area contributed by atoms with Gasteiger partial charge in [-0.15, -0.1) is 11.3 Å². The minimum absolute atomic E-state index is 0.0164. The molecule has 4 heterocycles. The van der Waals surface area contributed by atoms with Crippen LogP contribution in [0.5, 0.6) is 5.75 Å². The van der Waals surface area contributed by atoms with Gasteiger partial charge in [0.1, 0.15) is 17.0 Å². The molecule has 5 rings (SSSR count). The number of anilines is 1. The zero-order valence-corrected chi connectivity index (χ0v) is 18.0. The van der Waals surface area contributed by atoms with Crippen LogP contribution in [0.2, 0.25) is 0 Å². The first kappa shape index (κ1) is 20.9. The summed E-state index contributed by atoms with van der Waals surface area (Å²) in [5, 5.41) is 27.1. The molecule has 2 atom stereocenters. The molecule has 2 aromatic rings. The number of nitrogens with one attached hydrogen (secondary N) is 2. The molecule has 32 heavy (non-hydrogen) atoms. The van der Waals surface area contributed by atoms with Gasteiger partial charge in [0.2, 0.25) is 0 Å². The number of carboxylic acid groups (broad SMARTS) is 1. The quantitative estimate of drug-likeness (QED) is 0.505. The Morgan fingerprint density at radius 1 is 1.28 bits per heavy atom. The lowest BCUT2D eigenvalue weighted by Crippen LogP contribution is -2.41. The maximum atomic E-state index is 12.9. The third kappa shape index (κ3) is 3.44. The number of hydrogen-bond acceptors (Lipinski definition) is 8. The summed E-state index contributed by atoms with van der Waals surface area (Å²) in [5.41, 5.74) is 1.16. The third-order valence-corrected chi connectivity index (χ3v) is 7.43. The Morgan fingerprint density at radius 2 is 2.12 bits per heavy atom. The first-order chi connectivity index (χ1) is 15.5. The van der Waals surface area contributed by atoms with E-state index < -0.39 is 23.8 Å². The molecule has 9 nitrogen and oxygen atoms in total. The SMILES string of the molecule is O=C(O)c1c(NC2CCCCO2)sc2c1CCNC2CN1C(=O)c2cccc(O)c2C1=O. The number of carboxylic acids is 1. The van der Waals surface area contributed by atoms with Crippen molar-refractivity contribution >= 4 is 34.1 Å². The highest BCUT2D eigenvalue weighted by Gasteiger charge is 2.40. The Bertz CT molecular complexity index is 1110. The summed E-state index contributed by atoms with van der Waals surface area (Å²) in [6.45, 7) is 1.22. The molecular formula is C22H23N3O6S. The summed E-state index contributed by atoms with van der Waals surface area (Å²) < 4.78 is 5.72. The van der Waals surface area contributed by atoms with E-state index in [1.54, 1.807) is 0 Å². The van der Waals surface area contributed by atoms with Crippen molar-refractivity contribution in [3.05, 3.63) is 45.3 Å². The molecule has 0 bridgehead atoms. The number of rotatable bonds is 5. The second kappa shape index (κ2) is 8.19. The fourth-order valence-corrected chi connectivity index (χ4v) is 5.97. The van der Waals surface area contributed by atoms with Gasteiger partial charge in [0.05, 0.1) is 22.7 Å². The number of thiophene rings is 1. The summed E-state index contributed by atoms with van der Waals surface area (Å²) >= 11 is 1.33. The van der Waals surface area contributed by atoms with Gasteiger partial charge in [-0.1, -0.05) is 6.07 Å². The topological polar surface area (TPSA) is 128 Å². The lowest BCUT2D eigenvalue weighted by atomic mass is 9.98. The van der Waals surface area contributed by atoms with Gasteiger partial charge in [-0.3, -0.25) is 14.5 Å². The van der Waals surface area contributed by atoms with E-state index in [4.69, 9.17) is 4.74 Å². The van der Waals surface area contributed by atoms with E-state index in [1.807, 2.05) is 0 Å². The Labute approximate surface area is 188 Å². The molecular weight excluding hydrogens is 434 g/mol. The number of aromatic hydroxyl groups is 1. The molecule has 1 saturated heterocycles. The Morgan fingerprint density at radius 3 is 2.84 bits per heavy atom. The lowest BCUT2D eigenvalue weighted by Gasteiger charge is -2.27. The van der Waals surface area contributed by atoms with E-state index in [0.29, 0.717) is 24.6 Å². The zero-order valence-electron chi connectivity index (χ0n) is 17.2. The van der Waals surface area contributed by atoms with E-state index in [-0.39, 0.29) is 35.2 Å². The van der Waals surface area contributed by atoms with Gasteiger partial charge in [-0.05, 0) is 49.9 Å². The molecule has 2 amide bonds. The number of phenols is 1. The second-order valence-electron chi connectivity index (χ2n) is 8.13. The molecule has 168 valence electrons. The van der Waals surface area contributed by atoms with Crippen LogP contribution in [-0.2, 0) is 11.2 Å².